The van der Waals surface area contributed by atoms with Gasteiger partial charge >= 0.3 is 0 Å². The fourth-order valence-electron chi connectivity index (χ4n) is 2.77. The minimum absolute atomic E-state index is 0.0991. The van der Waals surface area contributed by atoms with Crippen LogP contribution in [-0.2, 0) is 24.2 Å². The molecule has 1 aliphatic carbocycles. The number of carbonyl (C=O) groups excluding carboxylic acids is 1. The Morgan fingerprint density at radius 3 is 2.91 bits per heavy atom. The van der Waals surface area contributed by atoms with Gasteiger partial charge in [0.25, 0.3) is 5.56 Å². The van der Waals surface area contributed by atoms with Gasteiger partial charge in [0.1, 0.15) is 6.54 Å². The van der Waals surface area contributed by atoms with Gasteiger partial charge in [-0.05, 0) is 55.9 Å². The van der Waals surface area contributed by atoms with Crippen molar-refractivity contribution in [2.75, 3.05) is 5.32 Å². The zero-order chi connectivity index (χ0) is 16.4. The number of hydrogen-bond donors (Lipinski definition) is 1. The average molecular weight is 332 g/mol. The number of halogens is 1. The Balaban J connectivity index is 1.78. The fraction of sp³-hybridized carbons (Fsp3) is 0.353. The number of aromatic nitrogens is 2. The number of hydrogen-bond acceptors (Lipinski definition) is 3. The lowest BCUT2D eigenvalue weighted by Crippen LogP contribution is -2.31. The van der Waals surface area contributed by atoms with Gasteiger partial charge in [-0.25, -0.2) is 4.68 Å². The quantitative estimate of drug-likeness (QED) is 0.940. The number of rotatable bonds is 3. The van der Waals surface area contributed by atoms with Crippen LogP contribution in [0.5, 0.6) is 0 Å². The lowest BCUT2D eigenvalue weighted by molar-refractivity contribution is -0.117. The van der Waals surface area contributed by atoms with E-state index in [0.29, 0.717) is 10.7 Å². The highest BCUT2D eigenvalue weighted by Gasteiger charge is 2.15. The van der Waals surface area contributed by atoms with Crippen LogP contribution in [0.1, 0.15) is 29.7 Å². The molecule has 0 atom stereocenters. The Morgan fingerprint density at radius 1 is 1.30 bits per heavy atom. The number of carbonyl (C=O) groups is 1. The molecule has 1 N–H and O–H groups in total. The molecule has 0 saturated heterocycles. The van der Waals surface area contributed by atoms with Crippen molar-refractivity contribution in [1.29, 1.82) is 0 Å². The average Bonchev–Trinajstić information content (AvgIpc) is 2.51. The van der Waals surface area contributed by atoms with Gasteiger partial charge in [-0.1, -0.05) is 17.7 Å². The molecule has 3 rings (SSSR count). The maximum atomic E-state index is 12.2. The number of amides is 1. The third-order valence-corrected chi connectivity index (χ3v) is 4.28. The Kier molecular flexibility index (Phi) is 4.48. The van der Waals surface area contributed by atoms with Crippen LogP contribution in [0.2, 0.25) is 5.02 Å². The van der Waals surface area contributed by atoms with Crippen LogP contribution >= 0.6 is 11.6 Å². The van der Waals surface area contributed by atoms with Crippen LogP contribution in [0.4, 0.5) is 5.69 Å². The van der Waals surface area contributed by atoms with E-state index >= 15 is 0 Å². The summed E-state index contributed by atoms with van der Waals surface area (Å²) in [4.78, 5) is 24.3. The molecule has 23 heavy (non-hydrogen) atoms. The summed E-state index contributed by atoms with van der Waals surface area (Å²) in [5.41, 5.74) is 3.27. The van der Waals surface area contributed by atoms with Gasteiger partial charge in [0.15, 0.2) is 0 Å². The second-order valence-corrected chi connectivity index (χ2v) is 6.26. The third kappa shape index (κ3) is 3.62. The Morgan fingerprint density at radius 2 is 2.09 bits per heavy atom. The van der Waals surface area contributed by atoms with Crippen molar-refractivity contribution >= 4 is 23.2 Å². The van der Waals surface area contributed by atoms with E-state index in [1.54, 1.807) is 18.2 Å². The highest BCUT2D eigenvalue weighted by atomic mass is 35.5. The Labute approximate surface area is 139 Å². The van der Waals surface area contributed by atoms with Crippen molar-refractivity contribution in [2.45, 2.75) is 39.2 Å². The van der Waals surface area contributed by atoms with Crippen LogP contribution in [0.3, 0.4) is 0 Å². The van der Waals surface area contributed by atoms with Crippen LogP contribution in [0, 0.1) is 6.92 Å². The van der Waals surface area contributed by atoms with E-state index in [1.165, 1.54) is 4.68 Å². The largest absolute Gasteiger partial charge is 0.324 e. The smallest absolute Gasteiger partial charge is 0.267 e. The summed E-state index contributed by atoms with van der Waals surface area (Å²) < 4.78 is 1.24. The SMILES string of the molecule is Cc1ccc(Cl)cc1NC(=O)Cn1nc2c(cc1=O)CCCC2. The van der Waals surface area contributed by atoms with Crippen molar-refractivity contribution < 1.29 is 4.79 Å². The van der Waals surface area contributed by atoms with E-state index in [-0.39, 0.29) is 18.0 Å². The van der Waals surface area contributed by atoms with Gasteiger partial charge < -0.3 is 5.32 Å². The normalized spacial score (nSPS) is 13.5. The lowest BCUT2D eigenvalue weighted by atomic mass is 9.97. The minimum Gasteiger partial charge on any atom is -0.324 e. The molecule has 6 heteroatoms. The van der Waals surface area contributed by atoms with E-state index in [1.807, 2.05) is 13.0 Å². The molecule has 0 radical (unpaired) electrons. The molecule has 0 saturated carbocycles. The second kappa shape index (κ2) is 6.54. The minimum atomic E-state index is -0.291. The Hall–Kier alpha value is -2.14. The van der Waals surface area contributed by atoms with Gasteiger partial charge in [0.05, 0.1) is 5.69 Å². The van der Waals surface area contributed by atoms with E-state index in [4.69, 9.17) is 11.6 Å². The zero-order valence-electron chi connectivity index (χ0n) is 12.9. The molecular weight excluding hydrogens is 314 g/mol. The van der Waals surface area contributed by atoms with Gasteiger partial charge in [-0.15, -0.1) is 0 Å². The molecule has 1 aromatic heterocycles. The third-order valence-electron chi connectivity index (χ3n) is 4.04. The first-order valence-electron chi connectivity index (χ1n) is 7.69. The zero-order valence-corrected chi connectivity index (χ0v) is 13.7. The van der Waals surface area contributed by atoms with E-state index < -0.39 is 0 Å². The van der Waals surface area contributed by atoms with Gasteiger partial charge in [0.2, 0.25) is 5.91 Å². The summed E-state index contributed by atoms with van der Waals surface area (Å²) in [5.74, 6) is -0.291. The fourth-order valence-corrected chi connectivity index (χ4v) is 2.94. The van der Waals surface area contributed by atoms with Gasteiger partial charge in [-0.3, -0.25) is 9.59 Å². The molecule has 0 unspecified atom stereocenters. The number of benzene rings is 1. The van der Waals surface area contributed by atoms with Crippen molar-refractivity contribution in [3.8, 4) is 0 Å². The monoisotopic (exact) mass is 331 g/mol. The number of anilines is 1. The summed E-state index contributed by atoms with van der Waals surface area (Å²) in [6.07, 6.45) is 3.93. The molecule has 0 spiro atoms. The number of nitrogens with zero attached hydrogens (tertiary/aromatic N) is 2. The summed E-state index contributed by atoms with van der Waals surface area (Å²) in [6, 6.07) is 6.90. The predicted octanol–water partition coefficient (Wildman–Crippen LogP) is 2.72. The van der Waals surface area contributed by atoms with Gasteiger partial charge in [0, 0.05) is 16.8 Å². The first-order valence-corrected chi connectivity index (χ1v) is 8.06. The molecule has 0 aliphatic heterocycles. The Bertz CT molecular complexity index is 814. The number of aryl methyl sites for hydroxylation is 3. The molecule has 2 aromatic rings. The maximum absolute atomic E-state index is 12.2. The first-order chi connectivity index (χ1) is 11.0. The summed E-state index contributed by atoms with van der Waals surface area (Å²) in [7, 11) is 0. The van der Waals surface area contributed by atoms with Crippen LogP contribution in [0.25, 0.3) is 0 Å². The van der Waals surface area contributed by atoms with Crippen LogP contribution < -0.4 is 10.9 Å². The lowest BCUT2D eigenvalue weighted by Gasteiger charge is -2.16. The van der Waals surface area contributed by atoms with Crippen molar-refractivity contribution in [2.24, 2.45) is 0 Å². The number of nitrogens with one attached hydrogen (secondary N) is 1. The molecule has 120 valence electrons. The summed E-state index contributed by atoms with van der Waals surface area (Å²) in [5, 5.41) is 7.69. The molecule has 0 fully saturated rings. The van der Waals surface area contributed by atoms with Crippen molar-refractivity contribution in [3.63, 3.8) is 0 Å². The molecule has 1 amide bonds. The highest BCUT2D eigenvalue weighted by Crippen LogP contribution is 2.20. The summed E-state index contributed by atoms with van der Waals surface area (Å²) >= 11 is 5.95. The van der Waals surface area contributed by atoms with Crippen LogP contribution in [0.15, 0.2) is 29.1 Å². The van der Waals surface area contributed by atoms with Crippen LogP contribution in [-0.4, -0.2) is 15.7 Å². The van der Waals surface area contributed by atoms with E-state index in [0.717, 1.165) is 42.5 Å². The molecule has 1 aliphatic rings. The molecule has 0 bridgehead atoms. The molecule has 5 nitrogen and oxygen atoms in total. The van der Waals surface area contributed by atoms with Gasteiger partial charge in [-0.2, -0.15) is 5.10 Å². The summed E-state index contributed by atoms with van der Waals surface area (Å²) in [6.45, 7) is 1.79. The van der Waals surface area contributed by atoms with E-state index in [2.05, 4.69) is 10.4 Å². The van der Waals surface area contributed by atoms with E-state index in [9.17, 15) is 9.59 Å². The maximum Gasteiger partial charge on any atom is 0.267 e. The molecular formula is C17H18ClN3O2. The number of fused-ring (bicyclic) bond motifs is 1. The van der Waals surface area contributed by atoms with Crippen molar-refractivity contribution in [1.82, 2.24) is 9.78 Å². The highest BCUT2D eigenvalue weighted by molar-refractivity contribution is 6.31. The first kappa shape index (κ1) is 15.7. The molecule has 1 aromatic carbocycles. The topological polar surface area (TPSA) is 64.0 Å². The van der Waals surface area contributed by atoms with Crippen molar-refractivity contribution in [3.05, 3.63) is 56.5 Å². The standard InChI is InChI=1S/C17H18ClN3O2/c1-11-6-7-13(18)9-15(11)19-16(22)10-21-17(23)8-12-4-2-3-5-14(12)20-21/h6-9H,2-5,10H2,1H3,(H,19,22). The molecule has 1 heterocycles. The predicted molar refractivity (Wildman–Crippen MR) is 90.0 cm³/mol. The second-order valence-electron chi connectivity index (χ2n) is 5.83.